The molecule has 3 fully saturated rings. The molecule has 5 nitrogen and oxygen atoms in total. The molecule has 3 unspecified atom stereocenters. The first kappa shape index (κ1) is 27.7. The maximum Gasteiger partial charge on any atom is 0.299 e. The van der Waals surface area contributed by atoms with E-state index in [4.69, 9.17) is 9.98 Å². The van der Waals surface area contributed by atoms with Crippen LogP contribution in [0.15, 0.2) is 65.8 Å². The predicted octanol–water partition coefficient (Wildman–Crippen LogP) is 8.72. The largest absolute Gasteiger partial charge is 0.350 e. The van der Waals surface area contributed by atoms with Crippen molar-refractivity contribution in [1.29, 1.82) is 0 Å². The van der Waals surface area contributed by atoms with Crippen LogP contribution < -0.4 is 10.6 Å². The van der Waals surface area contributed by atoms with Gasteiger partial charge in [-0.25, -0.2) is 4.98 Å². The Hall–Kier alpha value is -3.84. The van der Waals surface area contributed by atoms with Crippen LogP contribution in [0.3, 0.4) is 0 Å². The van der Waals surface area contributed by atoms with Gasteiger partial charge in [-0.15, -0.1) is 0 Å². The van der Waals surface area contributed by atoms with Crippen LogP contribution in [0.2, 0.25) is 0 Å². The third-order valence-corrected chi connectivity index (χ3v) is 10.8. The highest BCUT2D eigenvalue weighted by Gasteiger charge is 2.45. The molecule has 4 aromatic rings. The number of aromatic amines is 1. The molecule has 0 radical (unpaired) electrons. The summed E-state index contributed by atoms with van der Waals surface area (Å²) in [6.07, 6.45) is 9.25. The molecule has 2 bridgehead atoms. The van der Waals surface area contributed by atoms with Crippen molar-refractivity contribution in [2.75, 3.05) is 6.54 Å². The molecular weight excluding hydrogens is 552 g/mol. The number of nitrogens with one attached hydrogen (secondary N) is 3. The molecule has 0 spiro atoms. The van der Waals surface area contributed by atoms with Crippen LogP contribution in [0, 0.1) is 11.3 Å². The van der Waals surface area contributed by atoms with Gasteiger partial charge in [-0.2, -0.15) is 8.78 Å². The molecule has 2 heterocycles. The number of benzene rings is 3. The number of fused-ring (bicyclic) bond motifs is 6. The molecule has 3 aliphatic carbocycles. The minimum absolute atomic E-state index is 0.0610. The Morgan fingerprint density at radius 3 is 2.48 bits per heavy atom. The molecule has 7 heteroatoms. The summed E-state index contributed by atoms with van der Waals surface area (Å²) in [6, 6.07) is 17.8. The Morgan fingerprint density at radius 1 is 1.00 bits per heavy atom. The van der Waals surface area contributed by atoms with Gasteiger partial charge in [-0.3, -0.25) is 4.99 Å². The number of halogens is 2. The number of aliphatic imine (C=N–C) groups is 1. The SMILES string of the molecule is CCC1(CN=C(C)N/C=C(\C)c2ccc3c(c2)C(F)(F)c2cc(-c4ccc5nc(C6NC7CCC6C7)[nH]c5c4)ccc2-3)CC1. The average molecular weight is 592 g/mol. The summed E-state index contributed by atoms with van der Waals surface area (Å²) in [5.74, 6) is -0.609. The summed E-state index contributed by atoms with van der Waals surface area (Å²) in [4.78, 5) is 13.1. The summed E-state index contributed by atoms with van der Waals surface area (Å²) in [6.45, 7) is 6.97. The van der Waals surface area contributed by atoms with Crippen molar-refractivity contribution in [1.82, 2.24) is 20.6 Å². The number of allylic oxidation sites excluding steroid dienone is 1. The van der Waals surface area contributed by atoms with E-state index in [1.807, 2.05) is 62.5 Å². The van der Waals surface area contributed by atoms with Crippen molar-refractivity contribution in [3.63, 3.8) is 0 Å². The predicted molar refractivity (Wildman–Crippen MR) is 174 cm³/mol. The topological polar surface area (TPSA) is 65.1 Å². The fraction of sp³-hybridized carbons (Fsp3) is 0.405. The zero-order valence-corrected chi connectivity index (χ0v) is 25.6. The highest BCUT2D eigenvalue weighted by atomic mass is 19.3. The minimum atomic E-state index is -3.08. The lowest BCUT2D eigenvalue weighted by molar-refractivity contribution is 0.0480. The number of rotatable bonds is 7. The van der Waals surface area contributed by atoms with E-state index in [1.54, 1.807) is 12.1 Å². The molecule has 1 saturated heterocycles. The summed E-state index contributed by atoms with van der Waals surface area (Å²) < 4.78 is 32.1. The molecule has 0 amide bonds. The zero-order valence-electron chi connectivity index (χ0n) is 25.6. The van der Waals surface area contributed by atoms with E-state index < -0.39 is 5.92 Å². The van der Waals surface area contributed by atoms with E-state index in [1.165, 1.54) is 32.1 Å². The van der Waals surface area contributed by atoms with E-state index >= 15 is 8.78 Å². The van der Waals surface area contributed by atoms with E-state index in [-0.39, 0.29) is 17.2 Å². The Bertz CT molecular complexity index is 1850. The van der Waals surface area contributed by atoms with Gasteiger partial charge in [0.2, 0.25) is 0 Å². The highest BCUT2D eigenvalue weighted by molar-refractivity contribution is 5.87. The zero-order chi connectivity index (χ0) is 30.2. The lowest BCUT2D eigenvalue weighted by atomic mass is 9.98. The van der Waals surface area contributed by atoms with Crippen LogP contribution in [-0.2, 0) is 5.92 Å². The normalized spacial score (nSPS) is 24.5. The summed E-state index contributed by atoms with van der Waals surface area (Å²) in [5, 5.41) is 6.97. The molecule has 44 heavy (non-hydrogen) atoms. The number of piperidine rings is 1. The van der Waals surface area contributed by atoms with Gasteiger partial charge >= 0.3 is 0 Å². The second-order valence-electron chi connectivity index (χ2n) is 13.6. The summed E-state index contributed by atoms with van der Waals surface area (Å²) in [7, 11) is 0. The molecule has 4 aliphatic rings. The Morgan fingerprint density at radius 2 is 1.75 bits per heavy atom. The fourth-order valence-electron chi connectivity index (χ4n) is 7.59. The van der Waals surface area contributed by atoms with Gasteiger partial charge in [0.25, 0.3) is 5.92 Å². The van der Waals surface area contributed by atoms with Crippen molar-refractivity contribution in [3.8, 4) is 22.3 Å². The van der Waals surface area contributed by atoms with Crippen LogP contribution in [-0.4, -0.2) is 28.4 Å². The van der Waals surface area contributed by atoms with Crippen molar-refractivity contribution in [3.05, 3.63) is 83.3 Å². The molecule has 1 aliphatic heterocycles. The van der Waals surface area contributed by atoms with E-state index in [2.05, 4.69) is 22.5 Å². The Labute approximate surface area is 257 Å². The molecule has 226 valence electrons. The van der Waals surface area contributed by atoms with Crippen LogP contribution >= 0.6 is 0 Å². The average Bonchev–Trinajstić information content (AvgIpc) is 3.34. The van der Waals surface area contributed by atoms with Gasteiger partial charge in [0.1, 0.15) is 5.82 Å². The molecule has 3 aromatic carbocycles. The summed E-state index contributed by atoms with van der Waals surface area (Å²) >= 11 is 0. The van der Waals surface area contributed by atoms with Crippen molar-refractivity contribution in [2.45, 2.75) is 77.3 Å². The standard InChI is InChI=1S/C37H39F2N5/c1-4-36(13-14-36)20-41-22(3)40-19-21(2)23-6-10-28-29-11-7-24(17-31(29)37(38,39)30(28)16-23)25-8-12-32-33(18-25)44-35(43-32)34-26-5-9-27(15-26)42-34/h6-8,10-12,16-19,26-27,34,42H,4-5,9,13-15,20H2,1-3H3,(H,40,41)(H,43,44)/b21-19+. The van der Waals surface area contributed by atoms with Gasteiger partial charge in [0.05, 0.1) is 22.9 Å². The molecule has 8 rings (SSSR count). The van der Waals surface area contributed by atoms with Crippen molar-refractivity contribution >= 4 is 22.4 Å². The lowest BCUT2D eigenvalue weighted by Crippen LogP contribution is -2.29. The van der Waals surface area contributed by atoms with Gasteiger partial charge < -0.3 is 15.6 Å². The number of nitrogens with zero attached hydrogens (tertiary/aromatic N) is 2. The van der Waals surface area contributed by atoms with Crippen LogP contribution in [0.5, 0.6) is 0 Å². The van der Waals surface area contributed by atoms with Crippen LogP contribution in [0.25, 0.3) is 38.9 Å². The number of aromatic nitrogens is 2. The van der Waals surface area contributed by atoms with Gasteiger partial charge in [0.15, 0.2) is 0 Å². The first-order valence-corrected chi connectivity index (χ1v) is 16.1. The fourth-order valence-corrected chi connectivity index (χ4v) is 7.59. The maximum absolute atomic E-state index is 16.1. The van der Waals surface area contributed by atoms with Crippen LogP contribution in [0.4, 0.5) is 8.78 Å². The quantitative estimate of drug-likeness (QED) is 0.149. The number of alkyl halides is 2. The Kier molecular flexibility index (Phi) is 6.35. The molecule has 3 atom stereocenters. The number of H-pyrrole nitrogens is 1. The third kappa shape index (κ3) is 4.59. The van der Waals surface area contributed by atoms with Gasteiger partial charge in [-0.1, -0.05) is 37.3 Å². The van der Waals surface area contributed by atoms with Crippen molar-refractivity contribution < 1.29 is 8.78 Å². The number of hydrogen-bond acceptors (Lipinski definition) is 3. The van der Waals surface area contributed by atoms with E-state index in [0.717, 1.165) is 57.9 Å². The summed E-state index contributed by atoms with van der Waals surface area (Å²) in [5.41, 5.74) is 6.90. The second kappa shape index (κ2) is 10.1. The van der Waals surface area contributed by atoms with E-state index in [9.17, 15) is 0 Å². The number of imidazole rings is 1. The monoisotopic (exact) mass is 591 g/mol. The maximum atomic E-state index is 16.1. The van der Waals surface area contributed by atoms with Gasteiger partial charge in [0, 0.05) is 29.9 Å². The number of amidine groups is 1. The first-order valence-electron chi connectivity index (χ1n) is 16.1. The Balaban J connectivity index is 1.04. The van der Waals surface area contributed by atoms with Crippen LogP contribution in [0.1, 0.15) is 87.9 Å². The molecule has 1 aromatic heterocycles. The number of hydrogen-bond donors (Lipinski definition) is 3. The first-order chi connectivity index (χ1) is 21.2. The molecule has 3 N–H and O–H groups in total. The van der Waals surface area contributed by atoms with E-state index in [0.29, 0.717) is 28.5 Å². The van der Waals surface area contributed by atoms with Gasteiger partial charge in [-0.05, 0) is 121 Å². The highest BCUT2D eigenvalue weighted by Crippen LogP contribution is 2.52. The smallest absolute Gasteiger partial charge is 0.299 e. The minimum Gasteiger partial charge on any atom is -0.350 e. The third-order valence-electron chi connectivity index (χ3n) is 10.8. The van der Waals surface area contributed by atoms with Crippen molar-refractivity contribution in [2.24, 2.45) is 16.3 Å². The molecule has 2 saturated carbocycles. The second-order valence-corrected chi connectivity index (χ2v) is 13.6. The lowest BCUT2D eigenvalue weighted by Gasteiger charge is -2.20. The molecular formula is C37H39F2N5.